The molecule has 2 fully saturated rings. The Labute approximate surface area is 101 Å². The molecule has 5 heteroatoms. The van der Waals surface area contributed by atoms with Gasteiger partial charge in [-0.25, -0.2) is 4.79 Å². The fraction of sp³-hybridized carbons (Fsp3) is 0.833. The first-order valence-electron chi connectivity index (χ1n) is 6.25. The van der Waals surface area contributed by atoms with Crippen molar-refractivity contribution >= 4 is 11.9 Å². The first-order valence-corrected chi connectivity index (χ1v) is 6.25. The molecule has 1 aliphatic carbocycles. The number of methoxy groups -OCH3 is 1. The van der Waals surface area contributed by atoms with Gasteiger partial charge in [0.15, 0.2) is 5.78 Å². The van der Waals surface area contributed by atoms with Crippen LogP contribution in [0.15, 0.2) is 0 Å². The van der Waals surface area contributed by atoms with E-state index in [1.54, 1.807) is 0 Å². The van der Waals surface area contributed by atoms with Crippen molar-refractivity contribution in [1.29, 1.82) is 0 Å². The lowest BCUT2D eigenvalue weighted by Gasteiger charge is -2.20. The van der Waals surface area contributed by atoms with Crippen LogP contribution in [0.5, 0.6) is 0 Å². The van der Waals surface area contributed by atoms with Crippen LogP contribution in [-0.4, -0.2) is 37.6 Å². The largest absolute Gasteiger partial charge is 0.453 e. The molecule has 1 unspecified atom stereocenters. The van der Waals surface area contributed by atoms with Gasteiger partial charge < -0.3 is 15.4 Å². The van der Waals surface area contributed by atoms with Crippen LogP contribution in [0.2, 0.25) is 0 Å². The molecular formula is C12H20N2O3. The van der Waals surface area contributed by atoms with Gasteiger partial charge in [-0.15, -0.1) is 0 Å². The third-order valence-electron chi connectivity index (χ3n) is 4.02. The second kappa shape index (κ2) is 4.64. The molecule has 0 spiro atoms. The van der Waals surface area contributed by atoms with Crippen molar-refractivity contribution in [3.8, 4) is 0 Å². The van der Waals surface area contributed by atoms with E-state index >= 15 is 0 Å². The summed E-state index contributed by atoms with van der Waals surface area (Å²) in [5.74, 6) is 0.686. The van der Waals surface area contributed by atoms with Crippen LogP contribution >= 0.6 is 0 Å². The van der Waals surface area contributed by atoms with Gasteiger partial charge in [0.1, 0.15) is 0 Å². The Balaban J connectivity index is 1.90. The molecule has 1 saturated carbocycles. The average Bonchev–Trinajstić information content (AvgIpc) is 2.92. The van der Waals surface area contributed by atoms with Crippen LogP contribution in [0.3, 0.4) is 0 Å². The third-order valence-corrected chi connectivity index (χ3v) is 4.02. The Morgan fingerprint density at radius 1 is 1.59 bits per heavy atom. The van der Waals surface area contributed by atoms with Crippen LogP contribution in [0.1, 0.15) is 26.2 Å². The van der Waals surface area contributed by atoms with Crippen LogP contribution < -0.4 is 10.6 Å². The molecule has 1 amide bonds. The topological polar surface area (TPSA) is 67.4 Å². The number of carbonyl (C=O) groups excluding carboxylic acids is 2. The van der Waals surface area contributed by atoms with Crippen molar-refractivity contribution in [2.24, 2.45) is 11.8 Å². The second-order valence-corrected chi connectivity index (χ2v) is 4.93. The van der Waals surface area contributed by atoms with Gasteiger partial charge in [0.25, 0.3) is 0 Å². The zero-order chi connectivity index (χ0) is 12.5. The molecule has 0 bridgehead atoms. The number of hydrogen-bond donors (Lipinski definition) is 2. The molecule has 1 heterocycles. The van der Waals surface area contributed by atoms with Gasteiger partial charge in [0.2, 0.25) is 0 Å². The van der Waals surface area contributed by atoms with E-state index < -0.39 is 6.09 Å². The number of nitrogens with one attached hydrogen (secondary N) is 2. The standard InChI is InChI=1S/C12H20N2O3/c1-3-8(7-13-11(16)17-2)10(15)12-6-9(12)4-5-14-12/h8-9,14H,3-7H2,1-2H3,(H,13,16)/t8-,9?,12-/m0/s1. The van der Waals surface area contributed by atoms with Crippen molar-refractivity contribution in [2.75, 3.05) is 20.2 Å². The minimum atomic E-state index is -0.472. The van der Waals surface area contributed by atoms with E-state index in [0.717, 1.165) is 25.8 Å². The van der Waals surface area contributed by atoms with Crippen LogP contribution in [-0.2, 0) is 9.53 Å². The highest BCUT2D eigenvalue weighted by atomic mass is 16.5. The summed E-state index contributed by atoms with van der Waals surface area (Å²) in [5.41, 5.74) is -0.252. The fourth-order valence-corrected chi connectivity index (χ4v) is 2.82. The van der Waals surface area contributed by atoms with E-state index in [4.69, 9.17) is 0 Å². The highest BCUT2D eigenvalue weighted by molar-refractivity contribution is 5.94. The van der Waals surface area contributed by atoms with E-state index in [9.17, 15) is 9.59 Å². The molecule has 3 atom stereocenters. The number of carbonyl (C=O) groups is 2. The summed E-state index contributed by atoms with van der Waals surface area (Å²) in [6.07, 6.45) is 2.35. The van der Waals surface area contributed by atoms with Crippen molar-refractivity contribution in [3.05, 3.63) is 0 Å². The van der Waals surface area contributed by atoms with Crippen molar-refractivity contribution in [3.63, 3.8) is 0 Å². The fourth-order valence-electron chi connectivity index (χ4n) is 2.82. The number of ether oxygens (including phenoxy) is 1. The van der Waals surface area contributed by atoms with E-state index in [2.05, 4.69) is 15.4 Å². The summed E-state index contributed by atoms with van der Waals surface area (Å²) in [6, 6.07) is 0. The summed E-state index contributed by atoms with van der Waals surface area (Å²) in [6.45, 7) is 3.29. The molecule has 5 nitrogen and oxygen atoms in total. The number of amides is 1. The van der Waals surface area contributed by atoms with Crippen molar-refractivity contribution in [1.82, 2.24) is 10.6 Å². The van der Waals surface area contributed by atoms with Gasteiger partial charge in [-0.1, -0.05) is 6.92 Å². The molecular weight excluding hydrogens is 220 g/mol. The lowest BCUT2D eigenvalue weighted by molar-refractivity contribution is -0.125. The smallest absolute Gasteiger partial charge is 0.406 e. The minimum Gasteiger partial charge on any atom is -0.453 e. The van der Waals surface area contributed by atoms with Crippen molar-refractivity contribution in [2.45, 2.75) is 31.7 Å². The van der Waals surface area contributed by atoms with E-state index in [-0.39, 0.29) is 17.2 Å². The van der Waals surface area contributed by atoms with Crippen molar-refractivity contribution < 1.29 is 14.3 Å². The minimum absolute atomic E-state index is 0.107. The normalized spacial score (nSPS) is 31.5. The number of fused-ring (bicyclic) bond motifs is 1. The molecule has 2 rings (SSSR count). The number of rotatable bonds is 5. The quantitative estimate of drug-likeness (QED) is 0.742. The molecule has 0 aromatic rings. The SMILES string of the molecule is CC[C@@H](CNC(=O)OC)C(=O)[C@]12CC1CCN2. The maximum atomic E-state index is 12.4. The molecule has 2 aliphatic rings. The highest BCUT2D eigenvalue weighted by Gasteiger charge is 2.62. The summed E-state index contributed by atoms with van der Waals surface area (Å²) >= 11 is 0. The zero-order valence-electron chi connectivity index (χ0n) is 10.4. The number of alkyl carbamates (subject to hydrolysis) is 1. The van der Waals surface area contributed by atoms with Gasteiger partial charge in [0, 0.05) is 12.5 Å². The Kier molecular flexibility index (Phi) is 3.38. The highest BCUT2D eigenvalue weighted by Crippen LogP contribution is 2.51. The molecule has 1 aliphatic heterocycles. The maximum absolute atomic E-state index is 12.4. The van der Waals surface area contributed by atoms with Gasteiger partial charge in [-0.2, -0.15) is 0 Å². The first kappa shape index (κ1) is 12.4. The van der Waals surface area contributed by atoms with Crippen LogP contribution in [0.25, 0.3) is 0 Å². The Morgan fingerprint density at radius 3 is 2.82 bits per heavy atom. The number of Topliss-reactive ketones (excluding diaryl/α,β-unsaturated/α-hetero) is 1. The molecule has 1 saturated heterocycles. The van der Waals surface area contributed by atoms with E-state index in [1.165, 1.54) is 7.11 Å². The van der Waals surface area contributed by atoms with Gasteiger partial charge in [-0.05, 0) is 31.7 Å². The summed E-state index contributed by atoms with van der Waals surface area (Å²) in [7, 11) is 1.33. The lowest BCUT2D eigenvalue weighted by Crippen LogP contribution is -2.44. The van der Waals surface area contributed by atoms with Gasteiger partial charge in [-0.3, -0.25) is 4.79 Å². The molecule has 96 valence electrons. The first-order chi connectivity index (χ1) is 8.14. The predicted molar refractivity (Wildman–Crippen MR) is 62.7 cm³/mol. The number of hydrogen-bond acceptors (Lipinski definition) is 4. The average molecular weight is 240 g/mol. The third kappa shape index (κ3) is 2.16. The summed E-state index contributed by atoms with van der Waals surface area (Å²) in [5, 5.41) is 5.94. The Bertz CT molecular complexity index is 332. The summed E-state index contributed by atoms with van der Waals surface area (Å²) in [4.78, 5) is 23.4. The number of piperidine rings is 1. The van der Waals surface area contributed by atoms with Crippen LogP contribution in [0, 0.1) is 11.8 Å². The number of ketones is 1. The van der Waals surface area contributed by atoms with E-state index in [1.807, 2.05) is 6.92 Å². The van der Waals surface area contributed by atoms with Gasteiger partial charge >= 0.3 is 6.09 Å². The molecule has 0 aromatic heterocycles. The Hall–Kier alpha value is -1.10. The summed E-state index contributed by atoms with van der Waals surface area (Å²) < 4.78 is 4.51. The monoisotopic (exact) mass is 240 g/mol. The molecule has 17 heavy (non-hydrogen) atoms. The predicted octanol–water partition coefficient (Wildman–Crippen LogP) is 0.690. The molecule has 2 N–H and O–H groups in total. The molecule has 0 aromatic carbocycles. The molecule has 0 radical (unpaired) electrons. The zero-order valence-corrected chi connectivity index (χ0v) is 10.4. The lowest BCUT2D eigenvalue weighted by atomic mass is 9.93. The Morgan fingerprint density at radius 2 is 2.35 bits per heavy atom. The maximum Gasteiger partial charge on any atom is 0.406 e. The van der Waals surface area contributed by atoms with E-state index in [0.29, 0.717) is 12.5 Å². The van der Waals surface area contributed by atoms with Crippen LogP contribution in [0.4, 0.5) is 4.79 Å². The van der Waals surface area contributed by atoms with Gasteiger partial charge in [0.05, 0.1) is 12.6 Å². The second-order valence-electron chi connectivity index (χ2n) is 4.93.